The van der Waals surface area contributed by atoms with Gasteiger partial charge < -0.3 is 15.0 Å². The van der Waals surface area contributed by atoms with E-state index in [4.69, 9.17) is 28.6 Å². The number of nitrogens with one attached hydrogen (secondary N) is 1. The van der Waals surface area contributed by atoms with E-state index in [0.717, 1.165) is 67.3 Å². The molecule has 2 aliphatic rings. The summed E-state index contributed by atoms with van der Waals surface area (Å²) >= 11 is 11.7. The van der Waals surface area contributed by atoms with Crippen LogP contribution in [0.25, 0.3) is 0 Å². The third kappa shape index (κ3) is 6.52. The Morgan fingerprint density at radius 3 is 2.44 bits per heavy atom. The number of alkyl halides is 1. The first-order valence-electron chi connectivity index (χ1n) is 12.0. The number of thiocarbonyl (C=S) groups is 1. The van der Waals surface area contributed by atoms with Crippen LogP contribution in [-0.4, -0.2) is 41.7 Å². The van der Waals surface area contributed by atoms with Crippen molar-refractivity contribution in [1.29, 1.82) is 0 Å². The second kappa shape index (κ2) is 12.0. The molecule has 0 atom stereocenters. The van der Waals surface area contributed by atoms with Crippen LogP contribution in [0.15, 0.2) is 47.6 Å². The van der Waals surface area contributed by atoms with E-state index in [-0.39, 0.29) is 11.8 Å². The van der Waals surface area contributed by atoms with Gasteiger partial charge in [0.25, 0.3) is 0 Å². The zero-order valence-corrected chi connectivity index (χ0v) is 20.8. The fourth-order valence-corrected chi connectivity index (χ4v) is 5.34. The summed E-state index contributed by atoms with van der Waals surface area (Å²) in [5, 5.41) is 7.11. The Bertz CT molecular complexity index is 975. The number of likely N-dealkylation sites (tertiary alicyclic amines) is 1. The van der Waals surface area contributed by atoms with Crippen LogP contribution in [0.2, 0.25) is 5.02 Å². The number of anilines is 1. The van der Waals surface area contributed by atoms with Crippen molar-refractivity contribution >= 4 is 40.2 Å². The number of ether oxygens (including phenoxy) is 1. The number of hydrogen-bond donors (Lipinski definition) is 1. The van der Waals surface area contributed by atoms with Crippen molar-refractivity contribution in [2.75, 3.05) is 25.0 Å². The van der Waals surface area contributed by atoms with E-state index in [1.54, 1.807) is 18.2 Å². The van der Waals surface area contributed by atoms with E-state index in [1.165, 1.54) is 5.56 Å². The summed E-state index contributed by atoms with van der Waals surface area (Å²) in [6.45, 7) is 1.73. The first-order chi connectivity index (χ1) is 16.6. The second-order valence-electron chi connectivity index (χ2n) is 9.20. The molecule has 1 aliphatic heterocycles. The molecular formula is C26H31ClFN3O2S. The highest BCUT2D eigenvalue weighted by Gasteiger charge is 2.25. The number of nitroso groups, excluding NO2 is 1. The third-order valence-corrected chi connectivity index (χ3v) is 7.63. The Labute approximate surface area is 211 Å². The molecule has 1 saturated carbocycles. The number of hydrogen-bond acceptors (Lipinski definition) is 5. The van der Waals surface area contributed by atoms with E-state index in [9.17, 15) is 9.30 Å². The Kier molecular flexibility index (Phi) is 8.86. The van der Waals surface area contributed by atoms with Crippen LogP contribution in [0.5, 0.6) is 0 Å². The Morgan fingerprint density at radius 1 is 1.09 bits per heavy atom. The zero-order valence-electron chi connectivity index (χ0n) is 19.2. The first-order valence-corrected chi connectivity index (χ1v) is 12.8. The maximum atomic E-state index is 13.1. The smallest absolute Gasteiger partial charge is 0.117 e. The lowest BCUT2D eigenvalue weighted by molar-refractivity contribution is 0.0469. The zero-order chi connectivity index (χ0) is 23.9. The van der Waals surface area contributed by atoms with Crippen LogP contribution < -0.4 is 5.32 Å². The van der Waals surface area contributed by atoms with Crippen LogP contribution in [0.4, 0.5) is 15.8 Å². The van der Waals surface area contributed by atoms with Crippen LogP contribution >= 0.6 is 23.8 Å². The van der Waals surface area contributed by atoms with Gasteiger partial charge in [-0.25, -0.2) is 4.39 Å². The molecule has 1 saturated heterocycles. The molecule has 5 nitrogen and oxygen atoms in total. The fourth-order valence-electron chi connectivity index (χ4n) is 4.96. The van der Waals surface area contributed by atoms with Crippen LogP contribution in [-0.2, 0) is 11.4 Å². The van der Waals surface area contributed by atoms with E-state index in [0.29, 0.717) is 24.1 Å². The van der Waals surface area contributed by atoms with E-state index in [2.05, 4.69) is 27.5 Å². The molecule has 0 radical (unpaired) electrons. The Balaban J connectivity index is 1.16. The molecule has 182 valence electrons. The maximum absolute atomic E-state index is 13.1. The molecule has 0 bridgehead atoms. The molecule has 0 spiro atoms. The van der Waals surface area contributed by atoms with Crippen molar-refractivity contribution in [3.63, 3.8) is 0 Å². The van der Waals surface area contributed by atoms with Gasteiger partial charge in [0.1, 0.15) is 17.4 Å². The van der Waals surface area contributed by atoms with Crippen molar-refractivity contribution in [2.24, 2.45) is 5.18 Å². The summed E-state index contributed by atoms with van der Waals surface area (Å²) in [5.74, 6) is 0.562. The molecule has 2 fully saturated rings. The molecule has 34 heavy (non-hydrogen) atoms. The lowest BCUT2D eigenvalue weighted by Crippen LogP contribution is -2.40. The van der Waals surface area contributed by atoms with Gasteiger partial charge >= 0.3 is 0 Å². The SMILES string of the molecule is O=Nc1ccc(NC2CCC(OCC(=S)N3CCC(c4ccc(Cl)cc4)CC3)CC2)cc1CF. The molecule has 2 aromatic carbocycles. The van der Waals surface area contributed by atoms with Gasteiger partial charge in [0.05, 0.1) is 12.7 Å². The molecule has 0 unspecified atom stereocenters. The van der Waals surface area contributed by atoms with E-state index < -0.39 is 6.67 Å². The Morgan fingerprint density at radius 2 is 1.79 bits per heavy atom. The molecule has 8 heteroatoms. The van der Waals surface area contributed by atoms with Gasteiger partial charge in [-0.2, -0.15) is 0 Å². The minimum absolute atomic E-state index is 0.162. The van der Waals surface area contributed by atoms with Crippen molar-refractivity contribution in [3.05, 3.63) is 63.5 Å². The van der Waals surface area contributed by atoms with Gasteiger partial charge in [0, 0.05) is 35.4 Å². The molecule has 0 aromatic heterocycles. The highest BCUT2D eigenvalue weighted by Crippen LogP contribution is 2.30. The lowest BCUT2D eigenvalue weighted by Gasteiger charge is -2.35. The summed E-state index contributed by atoms with van der Waals surface area (Å²) in [6.07, 6.45) is 6.27. The quantitative estimate of drug-likeness (QED) is 0.306. The number of benzene rings is 2. The average Bonchev–Trinajstić information content (AvgIpc) is 2.88. The highest BCUT2D eigenvalue weighted by molar-refractivity contribution is 7.80. The Hall–Kier alpha value is -2.09. The predicted octanol–water partition coefficient (Wildman–Crippen LogP) is 7.15. The number of piperidine rings is 1. The average molecular weight is 504 g/mol. The van der Waals surface area contributed by atoms with Gasteiger partial charge in [0.2, 0.25) is 0 Å². The van der Waals surface area contributed by atoms with Crippen molar-refractivity contribution in [3.8, 4) is 0 Å². The molecule has 1 heterocycles. The highest BCUT2D eigenvalue weighted by atomic mass is 35.5. The maximum Gasteiger partial charge on any atom is 0.117 e. The number of halogens is 2. The van der Waals surface area contributed by atoms with Crippen molar-refractivity contribution < 1.29 is 9.13 Å². The van der Waals surface area contributed by atoms with Crippen LogP contribution in [0.3, 0.4) is 0 Å². The third-order valence-electron chi connectivity index (χ3n) is 7.00. The van der Waals surface area contributed by atoms with E-state index in [1.807, 2.05) is 12.1 Å². The first kappa shape index (κ1) is 25.0. The van der Waals surface area contributed by atoms with Gasteiger partial charge in [-0.1, -0.05) is 36.0 Å². The largest absolute Gasteiger partial charge is 0.382 e. The normalized spacial score (nSPS) is 21.3. The predicted molar refractivity (Wildman–Crippen MR) is 140 cm³/mol. The molecule has 0 amide bonds. The standard InChI is InChI=1S/C26H31ClFN3O2S/c27-21-3-1-18(2-4-21)19-11-13-31(14-12-19)26(34)17-33-24-8-5-22(6-9-24)29-23-7-10-25(30-32)20(15-23)16-28/h1-4,7,10,15,19,22,24,29H,5-6,8-9,11-14,16-17H2. The second-order valence-corrected chi connectivity index (χ2v) is 10.1. The monoisotopic (exact) mass is 503 g/mol. The molecular weight excluding hydrogens is 473 g/mol. The summed E-state index contributed by atoms with van der Waals surface area (Å²) in [6, 6.07) is 13.5. The van der Waals surface area contributed by atoms with Crippen molar-refractivity contribution in [1.82, 2.24) is 4.90 Å². The molecule has 1 aliphatic carbocycles. The van der Waals surface area contributed by atoms with Gasteiger partial charge in [0.15, 0.2) is 0 Å². The van der Waals surface area contributed by atoms with Gasteiger partial charge in [-0.3, -0.25) is 0 Å². The topological polar surface area (TPSA) is 53.9 Å². The molecule has 1 N–H and O–H groups in total. The molecule has 2 aromatic rings. The van der Waals surface area contributed by atoms with Gasteiger partial charge in [-0.05, 0) is 85.5 Å². The summed E-state index contributed by atoms with van der Waals surface area (Å²) in [4.78, 5) is 13.9. The van der Waals surface area contributed by atoms with Crippen molar-refractivity contribution in [2.45, 2.75) is 63.3 Å². The number of rotatable bonds is 8. The van der Waals surface area contributed by atoms with Gasteiger partial charge in [-0.15, -0.1) is 4.91 Å². The minimum atomic E-state index is -0.699. The fraction of sp³-hybridized carbons (Fsp3) is 0.500. The van der Waals surface area contributed by atoms with Crippen LogP contribution in [0, 0.1) is 4.91 Å². The molecule has 4 rings (SSSR count). The summed E-state index contributed by atoms with van der Waals surface area (Å²) in [7, 11) is 0. The van der Waals surface area contributed by atoms with Crippen LogP contribution in [0.1, 0.15) is 55.6 Å². The number of nitrogens with zero attached hydrogens (tertiary/aromatic N) is 2. The summed E-state index contributed by atoms with van der Waals surface area (Å²) < 4.78 is 19.3. The lowest BCUT2D eigenvalue weighted by atomic mass is 9.89. The summed E-state index contributed by atoms with van der Waals surface area (Å²) in [5.41, 5.74) is 2.67. The van der Waals surface area contributed by atoms with E-state index >= 15 is 0 Å². The minimum Gasteiger partial charge on any atom is -0.382 e.